The fourth-order valence-electron chi connectivity index (χ4n) is 2.24. The van der Waals surface area contributed by atoms with E-state index in [0.29, 0.717) is 0 Å². The van der Waals surface area contributed by atoms with Crippen LogP contribution in [0.5, 0.6) is 0 Å². The normalized spacial score (nSPS) is 19.3. The molecule has 0 atom stereocenters. The molecule has 0 saturated heterocycles. The van der Waals surface area contributed by atoms with Gasteiger partial charge in [-0.2, -0.15) is 0 Å². The zero-order valence-electron chi connectivity index (χ0n) is 11.6. The average Bonchev–Trinajstić information content (AvgIpc) is 2.34. The first-order valence-corrected chi connectivity index (χ1v) is 6.52. The fourth-order valence-corrected chi connectivity index (χ4v) is 2.24. The third kappa shape index (κ3) is 4.44. The van der Waals surface area contributed by atoms with Crippen molar-refractivity contribution < 1.29 is 23.1 Å². The number of nitrogens with zero attached hydrogens (tertiary/aromatic N) is 1. The van der Waals surface area contributed by atoms with Gasteiger partial charge in [-0.15, -0.1) is 0 Å². The van der Waals surface area contributed by atoms with Crippen molar-refractivity contribution in [3.8, 4) is 0 Å². The number of hydrogen-bond donors (Lipinski definition) is 0. The second kappa shape index (κ2) is 6.30. The molecule has 0 aromatic carbocycles. The van der Waals surface area contributed by atoms with Crippen molar-refractivity contribution in [1.29, 1.82) is 0 Å². The predicted octanol–water partition coefficient (Wildman–Crippen LogP) is 2.22. The van der Waals surface area contributed by atoms with Crippen LogP contribution in [0.3, 0.4) is 0 Å². The largest absolute Gasteiger partial charge is 0.468 e. The molecule has 0 radical (unpaired) electrons. The number of rotatable bonds is 4. The lowest BCUT2D eigenvalue weighted by molar-refractivity contribution is -0.151. The van der Waals surface area contributed by atoms with Crippen LogP contribution in [0.2, 0.25) is 0 Å². The van der Waals surface area contributed by atoms with Crippen LogP contribution < -0.4 is 0 Å². The van der Waals surface area contributed by atoms with E-state index in [4.69, 9.17) is 0 Å². The second-order valence-corrected chi connectivity index (χ2v) is 5.27. The third-order valence-corrected chi connectivity index (χ3v) is 3.50. The number of methoxy groups -OCH3 is 1. The van der Waals surface area contributed by atoms with E-state index in [0.717, 1.165) is 0 Å². The monoisotopic (exact) mass is 277 g/mol. The summed E-state index contributed by atoms with van der Waals surface area (Å²) in [5.74, 6) is -3.78. The molecule has 0 N–H and O–H groups in total. The van der Waals surface area contributed by atoms with Gasteiger partial charge >= 0.3 is 5.97 Å². The Labute approximate surface area is 112 Å². The van der Waals surface area contributed by atoms with Gasteiger partial charge in [0.15, 0.2) is 0 Å². The third-order valence-electron chi connectivity index (χ3n) is 3.50. The summed E-state index contributed by atoms with van der Waals surface area (Å²) in [6, 6.07) is -0.158. The van der Waals surface area contributed by atoms with E-state index in [9.17, 15) is 18.4 Å². The number of ether oxygens (including phenoxy) is 1. The van der Waals surface area contributed by atoms with Gasteiger partial charge < -0.3 is 9.64 Å². The number of hydrogen-bond acceptors (Lipinski definition) is 3. The van der Waals surface area contributed by atoms with Gasteiger partial charge in [-0.1, -0.05) is 0 Å². The van der Waals surface area contributed by atoms with Crippen LogP contribution in [0.15, 0.2) is 0 Å². The number of carbonyl (C=O) groups excluding carboxylic acids is 2. The lowest BCUT2D eigenvalue weighted by atomic mass is 9.85. The smallest absolute Gasteiger partial charge is 0.325 e. The lowest BCUT2D eigenvalue weighted by Crippen LogP contribution is -2.45. The summed E-state index contributed by atoms with van der Waals surface area (Å²) in [4.78, 5) is 25.0. The quantitative estimate of drug-likeness (QED) is 0.740. The lowest BCUT2D eigenvalue weighted by Gasteiger charge is -2.33. The highest BCUT2D eigenvalue weighted by Gasteiger charge is 2.39. The van der Waals surface area contributed by atoms with Crippen molar-refractivity contribution >= 4 is 11.9 Å². The molecule has 1 saturated carbocycles. The van der Waals surface area contributed by atoms with Crippen molar-refractivity contribution in [3.05, 3.63) is 0 Å². The van der Waals surface area contributed by atoms with E-state index in [1.807, 2.05) is 0 Å². The zero-order valence-corrected chi connectivity index (χ0v) is 11.6. The summed E-state index contributed by atoms with van der Waals surface area (Å²) < 4.78 is 30.7. The van der Waals surface area contributed by atoms with E-state index < -0.39 is 17.8 Å². The number of esters is 1. The summed E-state index contributed by atoms with van der Waals surface area (Å²) in [7, 11) is 1.26. The molecular weight excluding hydrogens is 256 g/mol. The van der Waals surface area contributed by atoms with Crippen LogP contribution in [0.25, 0.3) is 0 Å². The van der Waals surface area contributed by atoms with Gasteiger partial charge in [-0.3, -0.25) is 9.59 Å². The second-order valence-electron chi connectivity index (χ2n) is 5.27. The van der Waals surface area contributed by atoms with Crippen LogP contribution in [0, 0.1) is 5.92 Å². The molecule has 0 aliphatic heterocycles. The van der Waals surface area contributed by atoms with Gasteiger partial charge in [0, 0.05) is 24.8 Å². The molecule has 0 unspecified atom stereocenters. The first-order chi connectivity index (χ1) is 8.76. The van der Waals surface area contributed by atoms with Gasteiger partial charge in [0.25, 0.3) is 0 Å². The molecule has 1 aliphatic carbocycles. The molecule has 0 heterocycles. The molecule has 0 bridgehead atoms. The Kier molecular flexibility index (Phi) is 5.26. The molecule has 19 heavy (non-hydrogen) atoms. The highest BCUT2D eigenvalue weighted by Crippen LogP contribution is 2.37. The SMILES string of the molecule is COC(=O)CN(C(=O)C1CCC(F)(F)CC1)C(C)C. The minimum absolute atomic E-state index is 0.125. The molecular formula is C13H21F2NO3. The standard InChI is InChI=1S/C13H21F2NO3/c1-9(2)16(8-11(17)19-3)12(18)10-4-6-13(14,15)7-5-10/h9-10H,4-8H2,1-3H3. The van der Waals surface area contributed by atoms with Crippen LogP contribution in [-0.2, 0) is 14.3 Å². The molecule has 6 heteroatoms. The van der Waals surface area contributed by atoms with Crippen LogP contribution in [0.4, 0.5) is 8.78 Å². The van der Waals surface area contributed by atoms with E-state index in [1.54, 1.807) is 13.8 Å². The van der Waals surface area contributed by atoms with E-state index >= 15 is 0 Å². The molecule has 110 valence electrons. The molecule has 0 spiro atoms. The first kappa shape index (κ1) is 15.9. The number of halogens is 2. The van der Waals surface area contributed by atoms with Crippen LogP contribution >= 0.6 is 0 Å². The maximum absolute atomic E-state index is 13.1. The first-order valence-electron chi connectivity index (χ1n) is 6.52. The Bertz CT molecular complexity index is 335. The molecule has 0 aromatic rings. The summed E-state index contributed by atoms with van der Waals surface area (Å²) in [6.07, 6.45) is -0.159. The van der Waals surface area contributed by atoms with Crippen molar-refractivity contribution in [1.82, 2.24) is 4.90 Å². The van der Waals surface area contributed by atoms with Crippen molar-refractivity contribution in [2.24, 2.45) is 5.92 Å². The number of carbonyl (C=O) groups is 2. The van der Waals surface area contributed by atoms with Gasteiger partial charge in [-0.05, 0) is 26.7 Å². The molecule has 1 rings (SSSR count). The minimum Gasteiger partial charge on any atom is -0.468 e. The fraction of sp³-hybridized carbons (Fsp3) is 0.846. The van der Waals surface area contributed by atoms with Gasteiger partial charge in [-0.25, -0.2) is 8.78 Å². The maximum atomic E-state index is 13.1. The predicted molar refractivity (Wildman–Crippen MR) is 65.8 cm³/mol. The Balaban J connectivity index is 2.65. The summed E-state index contributed by atoms with van der Waals surface area (Å²) in [6.45, 7) is 3.45. The topological polar surface area (TPSA) is 46.6 Å². The van der Waals surface area contributed by atoms with Crippen molar-refractivity contribution in [3.63, 3.8) is 0 Å². The van der Waals surface area contributed by atoms with Crippen molar-refractivity contribution in [2.45, 2.75) is 51.5 Å². The summed E-state index contributed by atoms with van der Waals surface area (Å²) in [5.41, 5.74) is 0. The summed E-state index contributed by atoms with van der Waals surface area (Å²) in [5, 5.41) is 0. The number of alkyl halides is 2. The minimum atomic E-state index is -2.65. The molecule has 0 aromatic heterocycles. The molecule has 1 aliphatic rings. The van der Waals surface area contributed by atoms with Crippen molar-refractivity contribution in [2.75, 3.05) is 13.7 Å². The van der Waals surface area contributed by atoms with E-state index in [-0.39, 0.29) is 44.2 Å². The number of amides is 1. The van der Waals surface area contributed by atoms with Crippen LogP contribution in [-0.4, -0.2) is 42.4 Å². The van der Waals surface area contributed by atoms with Gasteiger partial charge in [0.2, 0.25) is 11.8 Å². The van der Waals surface area contributed by atoms with E-state index in [1.165, 1.54) is 12.0 Å². The molecule has 1 amide bonds. The van der Waals surface area contributed by atoms with Crippen LogP contribution in [0.1, 0.15) is 39.5 Å². The highest BCUT2D eigenvalue weighted by molar-refractivity contribution is 5.84. The van der Waals surface area contributed by atoms with Gasteiger partial charge in [0.1, 0.15) is 6.54 Å². The Morgan fingerprint density at radius 2 is 1.84 bits per heavy atom. The molecule has 4 nitrogen and oxygen atoms in total. The summed E-state index contributed by atoms with van der Waals surface area (Å²) >= 11 is 0. The Hall–Kier alpha value is -1.20. The Morgan fingerprint density at radius 1 is 1.32 bits per heavy atom. The highest BCUT2D eigenvalue weighted by atomic mass is 19.3. The Morgan fingerprint density at radius 3 is 2.26 bits per heavy atom. The van der Waals surface area contributed by atoms with Gasteiger partial charge in [0.05, 0.1) is 7.11 Å². The average molecular weight is 277 g/mol. The maximum Gasteiger partial charge on any atom is 0.325 e. The van der Waals surface area contributed by atoms with E-state index in [2.05, 4.69) is 4.74 Å². The zero-order chi connectivity index (χ0) is 14.6. The molecule has 1 fully saturated rings.